The van der Waals surface area contributed by atoms with Crippen molar-refractivity contribution in [2.75, 3.05) is 19.7 Å². The molecule has 0 radical (unpaired) electrons. The van der Waals surface area contributed by atoms with Gasteiger partial charge < -0.3 is 10.0 Å². The van der Waals surface area contributed by atoms with Crippen LogP contribution < -0.4 is 0 Å². The van der Waals surface area contributed by atoms with Crippen molar-refractivity contribution in [1.82, 2.24) is 4.90 Å². The lowest BCUT2D eigenvalue weighted by molar-refractivity contribution is 0.0876. The summed E-state index contributed by atoms with van der Waals surface area (Å²) in [5.41, 5.74) is 0. The fraction of sp³-hybridized carbons (Fsp3) is 1.00. The minimum Gasteiger partial charge on any atom is -0.396 e. The van der Waals surface area contributed by atoms with E-state index in [2.05, 4.69) is 4.90 Å². The molecule has 1 saturated heterocycles. The highest BCUT2D eigenvalue weighted by molar-refractivity contribution is 4.81. The summed E-state index contributed by atoms with van der Waals surface area (Å²) in [5, 5.41) is 9.00. The molecular formula is C13H25NO. The average molecular weight is 211 g/mol. The van der Waals surface area contributed by atoms with Gasteiger partial charge in [0, 0.05) is 19.2 Å². The van der Waals surface area contributed by atoms with Gasteiger partial charge in [0.25, 0.3) is 0 Å². The van der Waals surface area contributed by atoms with Crippen LogP contribution in [0.2, 0.25) is 0 Å². The van der Waals surface area contributed by atoms with Gasteiger partial charge in [-0.2, -0.15) is 0 Å². The van der Waals surface area contributed by atoms with Gasteiger partial charge in [0.05, 0.1) is 0 Å². The molecule has 0 aromatic heterocycles. The van der Waals surface area contributed by atoms with Crippen LogP contribution in [0.4, 0.5) is 0 Å². The second-order valence-corrected chi connectivity index (χ2v) is 5.31. The number of rotatable bonds is 3. The number of aliphatic hydroxyl groups is 1. The van der Waals surface area contributed by atoms with Crippen molar-refractivity contribution in [2.45, 2.75) is 57.4 Å². The minimum atomic E-state index is 0.378. The summed E-state index contributed by atoms with van der Waals surface area (Å²) in [7, 11) is 0. The summed E-state index contributed by atoms with van der Waals surface area (Å²) in [4.78, 5) is 2.71. The Hall–Kier alpha value is -0.0800. The van der Waals surface area contributed by atoms with Gasteiger partial charge in [-0.15, -0.1) is 0 Å². The fourth-order valence-corrected chi connectivity index (χ4v) is 3.29. The molecular weight excluding hydrogens is 186 g/mol. The Morgan fingerprint density at radius 3 is 2.53 bits per heavy atom. The van der Waals surface area contributed by atoms with E-state index in [0.717, 1.165) is 18.4 Å². The van der Waals surface area contributed by atoms with Gasteiger partial charge in [0.2, 0.25) is 0 Å². The molecule has 0 spiro atoms. The summed E-state index contributed by atoms with van der Waals surface area (Å²) in [6, 6.07) is 0.875. The Balaban J connectivity index is 1.80. The largest absolute Gasteiger partial charge is 0.396 e. The molecule has 1 atom stereocenters. The van der Waals surface area contributed by atoms with Crippen LogP contribution in [0, 0.1) is 5.92 Å². The molecule has 0 aromatic carbocycles. The second kappa shape index (κ2) is 5.86. The first-order chi connectivity index (χ1) is 7.40. The van der Waals surface area contributed by atoms with Crippen LogP contribution in [0.1, 0.15) is 51.4 Å². The van der Waals surface area contributed by atoms with E-state index >= 15 is 0 Å². The molecule has 0 aromatic rings. The molecule has 2 heteroatoms. The number of piperidine rings is 1. The van der Waals surface area contributed by atoms with Crippen LogP contribution in [0.3, 0.4) is 0 Å². The normalized spacial score (nSPS) is 30.6. The maximum absolute atomic E-state index is 9.00. The minimum absolute atomic E-state index is 0.378. The van der Waals surface area contributed by atoms with E-state index < -0.39 is 0 Å². The van der Waals surface area contributed by atoms with E-state index in [9.17, 15) is 0 Å². The maximum Gasteiger partial charge on any atom is 0.0434 e. The summed E-state index contributed by atoms with van der Waals surface area (Å²) in [5.74, 6) is 0.769. The molecule has 0 amide bonds. The van der Waals surface area contributed by atoms with Crippen LogP contribution in [0.15, 0.2) is 0 Å². The van der Waals surface area contributed by atoms with Crippen molar-refractivity contribution < 1.29 is 5.11 Å². The van der Waals surface area contributed by atoms with E-state index in [0.29, 0.717) is 6.61 Å². The maximum atomic E-state index is 9.00. The van der Waals surface area contributed by atoms with Gasteiger partial charge in [0.1, 0.15) is 0 Å². The van der Waals surface area contributed by atoms with Gasteiger partial charge in [0.15, 0.2) is 0 Å². The van der Waals surface area contributed by atoms with Crippen molar-refractivity contribution >= 4 is 0 Å². The Morgan fingerprint density at radius 1 is 1.00 bits per heavy atom. The zero-order chi connectivity index (χ0) is 10.5. The molecule has 1 heterocycles. The third-order valence-electron chi connectivity index (χ3n) is 4.18. The highest BCUT2D eigenvalue weighted by Crippen LogP contribution is 2.27. The van der Waals surface area contributed by atoms with E-state index in [-0.39, 0.29) is 0 Å². The van der Waals surface area contributed by atoms with Crippen LogP contribution in [0.25, 0.3) is 0 Å². The van der Waals surface area contributed by atoms with E-state index in [1.54, 1.807) is 0 Å². The van der Waals surface area contributed by atoms with Gasteiger partial charge >= 0.3 is 0 Å². The predicted molar refractivity (Wildman–Crippen MR) is 62.9 cm³/mol. The fourth-order valence-electron chi connectivity index (χ4n) is 3.29. The Bertz CT molecular complexity index is 175. The highest BCUT2D eigenvalue weighted by atomic mass is 16.3. The van der Waals surface area contributed by atoms with Crippen LogP contribution in [-0.2, 0) is 0 Å². The van der Waals surface area contributed by atoms with Gasteiger partial charge in [-0.05, 0) is 44.6 Å². The first-order valence-electron chi connectivity index (χ1n) is 6.75. The van der Waals surface area contributed by atoms with Crippen molar-refractivity contribution in [3.8, 4) is 0 Å². The summed E-state index contributed by atoms with van der Waals surface area (Å²) in [6.45, 7) is 2.95. The lowest BCUT2D eigenvalue weighted by Gasteiger charge is -2.40. The summed E-state index contributed by atoms with van der Waals surface area (Å²) in [6.07, 6.45) is 10.9. The van der Waals surface area contributed by atoms with E-state index in [1.165, 1.54) is 58.0 Å². The lowest BCUT2D eigenvalue weighted by Crippen LogP contribution is -2.43. The standard InChI is InChI=1S/C13H25NO/c15-10-8-12-5-4-9-14(11-12)13-6-2-1-3-7-13/h12-13,15H,1-11H2. The van der Waals surface area contributed by atoms with Crippen molar-refractivity contribution in [3.05, 3.63) is 0 Å². The Kier molecular flexibility index (Phi) is 4.45. The summed E-state index contributed by atoms with van der Waals surface area (Å²) >= 11 is 0. The van der Waals surface area contributed by atoms with E-state index in [1.807, 2.05) is 0 Å². The SMILES string of the molecule is OCCC1CCCN(C2CCCCC2)C1. The third-order valence-corrected chi connectivity index (χ3v) is 4.18. The third kappa shape index (κ3) is 3.18. The quantitative estimate of drug-likeness (QED) is 0.775. The smallest absolute Gasteiger partial charge is 0.0434 e. The zero-order valence-corrected chi connectivity index (χ0v) is 9.83. The van der Waals surface area contributed by atoms with Crippen molar-refractivity contribution in [1.29, 1.82) is 0 Å². The number of hydrogen-bond acceptors (Lipinski definition) is 2. The first-order valence-corrected chi connectivity index (χ1v) is 6.75. The molecule has 1 N–H and O–H groups in total. The number of aliphatic hydroxyl groups excluding tert-OH is 1. The molecule has 2 nitrogen and oxygen atoms in total. The predicted octanol–water partition coefficient (Wildman–Crippen LogP) is 2.41. The highest BCUT2D eigenvalue weighted by Gasteiger charge is 2.26. The first kappa shape index (κ1) is 11.4. The Labute approximate surface area is 93.7 Å². The van der Waals surface area contributed by atoms with Crippen LogP contribution in [-0.4, -0.2) is 35.7 Å². The van der Waals surface area contributed by atoms with Crippen molar-refractivity contribution in [2.24, 2.45) is 5.92 Å². The molecule has 88 valence electrons. The average Bonchev–Trinajstić information content (AvgIpc) is 2.31. The van der Waals surface area contributed by atoms with Crippen LogP contribution in [0.5, 0.6) is 0 Å². The lowest BCUT2D eigenvalue weighted by atomic mass is 9.89. The molecule has 2 aliphatic rings. The van der Waals surface area contributed by atoms with E-state index in [4.69, 9.17) is 5.11 Å². The molecule has 2 fully saturated rings. The van der Waals surface area contributed by atoms with Gasteiger partial charge in [-0.25, -0.2) is 0 Å². The second-order valence-electron chi connectivity index (χ2n) is 5.31. The molecule has 0 bridgehead atoms. The Morgan fingerprint density at radius 2 is 1.80 bits per heavy atom. The summed E-state index contributed by atoms with van der Waals surface area (Å²) < 4.78 is 0. The van der Waals surface area contributed by atoms with Gasteiger partial charge in [-0.3, -0.25) is 0 Å². The number of hydrogen-bond donors (Lipinski definition) is 1. The zero-order valence-electron chi connectivity index (χ0n) is 9.83. The van der Waals surface area contributed by atoms with Gasteiger partial charge in [-0.1, -0.05) is 19.3 Å². The molecule has 1 aliphatic heterocycles. The molecule has 1 saturated carbocycles. The molecule has 15 heavy (non-hydrogen) atoms. The number of likely N-dealkylation sites (tertiary alicyclic amines) is 1. The number of nitrogens with zero attached hydrogens (tertiary/aromatic N) is 1. The van der Waals surface area contributed by atoms with Crippen molar-refractivity contribution in [3.63, 3.8) is 0 Å². The topological polar surface area (TPSA) is 23.5 Å². The molecule has 1 unspecified atom stereocenters. The molecule has 1 aliphatic carbocycles. The van der Waals surface area contributed by atoms with Crippen LogP contribution >= 0.6 is 0 Å². The molecule has 2 rings (SSSR count). The monoisotopic (exact) mass is 211 g/mol.